The van der Waals surface area contributed by atoms with Crippen LogP contribution in [-0.2, 0) is 25.8 Å². The summed E-state index contributed by atoms with van der Waals surface area (Å²) in [4.78, 5) is 19.9. The third kappa shape index (κ3) is 5.13. The lowest BCUT2D eigenvalue weighted by Crippen LogP contribution is -2.14. The highest BCUT2D eigenvalue weighted by Crippen LogP contribution is 2.41. The van der Waals surface area contributed by atoms with Gasteiger partial charge in [-0.25, -0.2) is 10.5 Å². The highest BCUT2D eigenvalue weighted by atomic mass is 31.2. The zero-order chi connectivity index (χ0) is 16.3. The van der Waals surface area contributed by atoms with Crippen LogP contribution in [0.25, 0.3) is 0 Å². The first-order chi connectivity index (χ1) is 9.57. The lowest BCUT2D eigenvalue weighted by Gasteiger charge is -2.16. The molecule has 9 nitrogen and oxygen atoms in total. The summed E-state index contributed by atoms with van der Waals surface area (Å²) in [6.07, 6.45) is -0.732. The van der Waals surface area contributed by atoms with Crippen LogP contribution in [0, 0.1) is 0 Å². The number of hydrogen-bond acceptors (Lipinski definition) is 7. The average molecular weight is 322 g/mol. The van der Waals surface area contributed by atoms with Crippen molar-refractivity contribution in [2.45, 2.75) is 39.0 Å². The van der Waals surface area contributed by atoms with Crippen LogP contribution in [0.3, 0.4) is 0 Å². The van der Waals surface area contributed by atoms with Gasteiger partial charge in [-0.15, -0.1) is 0 Å². The second kappa shape index (κ2) is 6.57. The van der Waals surface area contributed by atoms with Crippen molar-refractivity contribution < 1.29 is 33.2 Å². The summed E-state index contributed by atoms with van der Waals surface area (Å²) >= 11 is 0. The third-order valence-corrected chi connectivity index (χ3v) is 3.34. The first-order valence-corrected chi connectivity index (χ1v) is 7.87. The highest BCUT2D eigenvalue weighted by molar-refractivity contribution is 7.52. The largest absolute Gasteiger partial charge is 0.481 e. The molecule has 0 radical (unpaired) electrons. The van der Waals surface area contributed by atoms with Gasteiger partial charge in [0.15, 0.2) is 6.35 Å². The van der Waals surface area contributed by atoms with E-state index in [0.717, 1.165) is 0 Å². The maximum atomic E-state index is 11.3. The first-order valence-electron chi connectivity index (χ1n) is 6.11. The number of aliphatic carboxylic acids is 1. The van der Waals surface area contributed by atoms with Crippen LogP contribution < -0.4 is 10.6 Å². The molecular formula is C11H19N2O7P. The number of hydrogen-bond donors (Lipinski definition) is 3. The number of aromatic nitrogens is 1. The summed E-state index contributed by atoms with van der Waals surface area (Å²) in [5, 5.41) is 12.5. The van der Waals surface area contributed by atoms with E-state index in [-0.39, 0.29) is 18.7 Å². The normalized spacial score (nSPS) is 14.7. The molecule has 0 bridgehead atoms. The second-order valence-corrected chi connectivity index (χ2v) is 7.20. The highest BCUT2D eigenvalue weighted by Gasteiger charge is 2.29. The molecule has 21 heavy (non-hydrogen) atoms. The number of nitrogens with zero attached hydrogens (tertiary/aromatic N) is 1. The van der Waals surface area contributed by atoms with Gasteiger partial charge >= 0.3 is 13.6 Å². The number of carbonyl (C=O) groups is 1. The molecule has 1 aromatic rings. The second-order valence-electron chi connectivity index (χ2n) is 5.46. The van der Waals surface area contributed by atoms with Crippen molar-refractivity contribution in [3.63, 3.8) is 0 Å². The van der Waals surface area contributed by atoms with Crippen molar-refractivity contribution in [3.05, 3.63) is 11.3 Å². The summed E-state index contributed by atoms with van der Waals surface area (Å²) < 4.78 is 25.4. The molecule has 0 amide bonds. The van der Waals surface area contributed by atoms with E-state index >= 15 is 0 Å². The SMILES string of the molecule is CC(C)(C)c1onc(OCP(=O)(O)ON)c1CCC(=O)O. The molecule has 0 aliphatic rings. The molecule has 0 spiro atoms. The number of carboxylic acids is 1. The fourth-order valence-electron chi connectivity index (χ4n) is 1.62. The summed E-state index contributed by atoms with van der Waals surface area (Å²) in [5.74, 6) is 4.10. The minimum atomic E-state index is -4.07. The van der Waals surface area contributed by atoms with Crippen LogP contribution in [0.4, 0.5) is 0 Å². The molecule has 1 atom stereocenters. The molecule has 0 aromatic carbocycles. The third-order valence-electron chi connectivity index (χ3n) is 2.55. The Hall–Kier alpha value is -1.41. The van der Waals surface area contributed by atoms with Gasteiger partial charge in [-0.1, -0.05) is 20.8 Å². The molecule has 1 rings (SSSR count). The summed E-state index contributed by atoms with van der Waals surface area (Å²) in [7, 11) is -4.07. The molecule has 0 aliphatic heterocycles. The molecule has 1 unspecified atom stereocenters. The van der Waals surface area contributed by atoms with Gasteiger partial charge in [0.25, 0.3) is 5.88 Å². The summed E-state index contributed by atoms with van der Waals surface area (Å²) in [6, 6.07) is 0. The molecule has 1 heterocycles. The van der Waals surface area contributed by atoms with Crippen LogP contribution in [0.15, 0.2) is 4.52 Å². The molecule has 0 fully saturated rings. The smallest absolute Gasteiger partial charge is 0.381 e. The number of carboxylic acid groups (broad SMARTS) is 1. The molecule has 0 saturated carbocycles. The van der Waals surface area contributed by atoms with Crippen LogP contribution >= 0.6 is 7.60 Å². The Bertz CT molecular complexity index is 549. The van der Waals surface area contributed by atoms with Crippen molar-refractivity contribution >= 4 is 13.6 Å². The van der Waals surface area contributed by atoms with E-state index in [9.17, 15) is 14.3 Å². The Kier molecular flexibility index (Phi) is 5.52. The quantitative estimate of drug-likeness (QED) is 0.500. The zero-order valence-corrected chi connectivity index (χ0v) is 12.9. The molecule has 4 N–H and O–H groups in total. The Morgan fingerprint density at radius 2 is 2.10 bits per heavy atom. The van der Waals surface area contributed by atoms with Gasteiger partial charge in [0, 0.05) is 11.8 Å². The van der Waals surface area contributed by atoms with E-state index < -0.39 is 25.3 Å². The van der Waals surface area contributed by atoms with Crippen LogP contribution in [0.2, 0.25) is 0 Å². The van der Waals surface area contributed by atoms with E-state index in [1.165, 1.54) is 0 Å². The van der Waals surface area contributed by atoms with E-state index in [1.54, 1.807) is 0 Å². The predicted molar refractivity (Wildman–Crippen MR) is 71.8 cm³/mol. The Morgan fingerprint density at radius 1 is 1.48 bits per heavy atom. The van der Waals surface area contributed by atoms with Crippen molar-refractivity contribution in [1.82, 2.24) is 5.16 Å². The first kappa shape index (κ1) is 17.6. The number of rotatable bonds is 7. The van der Waals surface area contributed by atoms with Crippen LogP contribution in [0.1, 0.15) is 38.5 Å². The van der Waals surface area contributed by atoms with Gasteiger partial charge in [-0.2, -0.15) is 0 Å². The van der Waals surface area contributed by atoms with Gasteiger partial charge in [0.05, 0.1) is 5.56 Å². The Labute approximate surface area is 121 Å². The maximum absolute atomic E-state index is 11.3. The van der Waals surface area contributed by atoms with Crippen LogP contribution in [0.5, 0.6) is 5.88 Å². The van der Waals surface area contributed by atoms with Crippen molar-refractivity contribution in [2.24, 2.45) is 5.90 Å². The molecular weight excluding hydrogens is 303 g/mol. The fourth-order valence-corrected chi connectivity index (χ4v) is 1.97. The van der Waals surface area contributed by atoms with Gasteiger partial charge in [0.2, 0.25) is 0 Å². The monoisotopic (exact) mass is 322 g/mol. The van der Waals surface area contributed by atoms with E-state index in [0.29, 0.717) is 11.3 Å². The van der Waals surface area contributed by atoms with Gasteiger partial charge in [-0.05, 0) is 11.6 Å². The topological polar surface area (TPSA) is 145 Å². The van der Waals surface area contributed by atoms with Crippen molar-refractivity contribution in [2.75, 3.05) is 6.35 Å². The predicted octanol–water partition coefficient (Wildman–Crippen LogP) is 1.40. The standard InChI is InChI=1S/C11H19N2O7P/c1-11(2,3)9-7(4-5-8(14)15)10(13-19-9)18-6-21(16,17)20-12/h4-6,12H2,1-3H3,(H,14,15)(H,16,17). The van der Waals surface area contributed by atoms with Gasteiger partial charge < -0.3 is 19.3 Å². The van der Waals surface area contributed by atoms with Gasteiger partial charge in [-0.3, -0.25) is 9.36 Å². The van der Waals surface area contributed by atoms with Crippen LogP contribution in [-0.4, -0.2) is 27.5 Å². The minimum absolute atomic E-state index is 0.0347. The van der Waals surface area contributed by atoms with Crippen molar-refractivity contribution in [3.8, 4) is 5.88 Å². The van der Waals surface area contributed by atoms with Crippen molar-refractivity contribution in [1.29, 1.82) is 0 Å². The minimum Gasteiger partial charge on any atom is -0.481 e. The summed E-state index contributed by atoms with van der Waals surface area (Å²) in [5.41, 5.74) is 0.0253. The number of nitrogens with two attached hydrogens (primary N) is 1. The Morgan fingerprint density at radius 3 is 2.57 bits per heavy atom. The molecule has 0 aliphatic carbocycles. The maximum Gasteiger partial charge on any atom is 0.381 e. The summed E-state index contributed by atoms with van der Waals surface area (Å²) in [6.45, 7) is 5.59. The lowest BCUT2D eigenvalue weighted by atomic mass is 9.89. The Balaban J connectivity index is 3.00. The zero-order valence-electron chi connectivity index (χ0n) is 12.0. The number of ether oxygens (including phenoxy) is 1. The molecule has 10 heteroatoms. The molecule has 120 valence electrons. The van der Waals surface area contributed by atoms with E-state index in [1.807, 2.05) is 20.8 Å². The van der Waals surface area contributed by atoms with E-state index in [2.05, 4.69) is 15.7 Å². The molecule has 0 saturated heterocycles. The molecule has 1 aromatic heterocycles. The average Bonchev–Trinajstić information content (AvgIpc) is 2.77. The lowest BCUT2D eigenvalue weighted by molar-refractivity contribution is -0.136. The van der Waals surface area contributed by atoms with E-state index in [4.69, 9.17) is 14.4 Å². The van der Waals surface area contributed by atoms with Gasteiger partial charge in [0.1, 0.15) is 5.76 Å². The fraction of sp³-hybridized carbons (Fsp3) is 0.636.